The summed E-state index contributed by atoms with van der Waals surface area (Å²) in [5.74, 6) is -0.419. The number of likely N-dealkylation sites (N-methyl/N-ethyl adjacent to an activating group) is 1. The number of hydrogen-bond donors (Lipinski definition) is 2. The predicted octanol–water partition coefficient (Wildman–Crippen LogP) is 1.51. The molecule has 1 aromatic rings. The van der Waals surface area contributed by atoms with Crippen LogP contribution in [0.2, 0.25) is 0 Å². The van der Waals surface area contributed by atoms with Crippen molar-refractivity contribution in [3.63, 3.8) is 0 Å². The Morgan fingerprint density at radius 2 is 2.37 bits per heavy atom. The van der Waals surface area contributed by atoms with Crippen LogP contribution in [0.3, 0.4) is 0 Å². The zero-order valence-electron chi connectivity index (χ0n) is 11.4. The van der Waals surface area contributed by atoms with E-state index in [0.29, 0.717) is 5.56 Å². The zero-order valence-corrected chi connectivity index (χ0v) is 11.4. The number of ether oxygens (including phenoxy) is 1. The number of nitrogens with one attached hydrogen (secondary N) is 1. The van der Waals surface area contributed by atoms with Crippen LogP contribution in [0.1, 0.15) is 18.5 Å². The normalized spacial score (nSPS) is 21.6. The fraction of sp³-hybridized carbons (Fsp3) is 0.571. The molecule has 0 aromatic heterocycles. The maximum atomic E-state index is 13.8. The van der Waals surface area contributed by atoms with Gasteiger partial charge in [-0.15, -0.1) is 0 Å². The minimum atomic E-state index is -0.373. The van der Waals surface area contributed by atoms with Crippen LogP contribution in [0.15, 0.2) is 18.2 Å². The quantitative estimate of drug-likeness (QED) is 0.869. The van der Waals surface area contributed by atoms with E-state index in [1.165, 1.54) is 6.07 Å². The van der Waals surface area contributed by atoms with Crippen molar-refractivity contribution in [3.05, 3.63) is 29.6 Å². The second-order valence-electron chi connectivity index (χ2n) is 5.02. The number of phenolic OH excluding ortho intramolecular Hbond substituents is 1. The van der Waals surface area contributed by atoms with E-state index in [2.05, 4.69) is 10.2 Å². The van der Waals surface area contributed by atoms with Crippen LogP contribution in [-0.4, -0.2) is 49.4 Å². The summed E-state index contributed by atoms with van der Waals surface area (Å²) in [6.07, 6.45) is 0.140. The van der Waals surface area contributed by atoms with Crippen LogP contribution >= 0.6 is 0 Å². The molecular weight excluding hydrogens is 247 g/mol. The molecule has 1 aromatic carbocycles. The first kappa shape index (κ1) is 14.2. The molecule has 19 heavy (non-hydrogen) atoms. The Labute approximate surface area is 113 Å². The van der Waals surface area contributed by atoms with Gasteiger partial charge in [-0.3, -0.25) is 4.90 Å². The average Bonchev–Trinajstić information content (AvgIpc) is 2.39. The van der Waals surface area contributed by atoms with Crippen molar-refractivity contribution in [3.8, 4) is 5.75 Å². The summed E-state index contributed by atoms with van der Waals surface area (Å²) in [6, 6.07) is 4.23. The lowest BCUT2D eigenvalue weighted by Crippen LogP contribution is -2.44. The van der Waals surface area contributed by atoms with Gasteiger partial charge in [-0.2, -0.15) is 0 Å². The number of morpholine rings is 1. The van der Waals surface area contributed by atoms with Gasteiger partial charge in [0, 0.05) is 37.3 Å². The summed E-state index contributed by atoms with van der Waals surface area (Å²) in [5, 5.41) is 12.5. The van der Waals surface area contributed by atoms with E-state index in [1.807, 2.05) is 14.0 Å². The van der Waals surface area contributed by atoms with E-state index in [4.69, 9.17) is 4.74 Å². The molecule has 1 heterocycles. The second kappa shape index (κ2) is 6.32. The van der Waals surface area contributed by atoms with Crippen LogP contribution in [0.25, 0.3) is 0 Å². The standard InChI is InChI=1S/C14H21FN2O2/c1-10(13-4-3-11(18)7-14(13)15)17(2)9-12-8-16-5-6-19-12/h3-4,7,10,12,16,18H,5-6,8-9H2,1-2H3. The molecule has 0 aliphatic carbocycles. The van der Waals surface area contributed by atoms with E-state index >= 15 is 0 Å². The highest BCUT2D eigenvalue weighted by Crippen LogP contribution is 2.25. The van der Waals surface area contributed by atoms with Crippen molar-refractivity contribution < 1.29 is 14.2 Å². The minimum Gasteiger partial charge on any atom is -0.508 e. The van der Waals surface area contributed by atoms with Gasteiger partial charge >= 0.3 is 0 Å². The van der Waals surface area contributed by atoms with Gasteiger partial charge in [0.25, 0.3) is 0 Å². The third-order valence-corrected chi connectivity index (χ3v) is 3.59. The van der Waals surface area contributed by atoms with Crippen molar-refractivity contribution in [1.29, 1.82) is 0 Å². The van der Waals surface area contributed by atoms with Crippen LogP contribution in [0, 0.1) is 5.82 Å². The van der Waals surface area contributed by atoms with Gasteiger partial charge in [0.05, 0.1) is 12.7 Å². The van der Waals surface area contributed by atoms with Crippen molar-refractivity contribution in [2.45, 2.75) is 19.1 Å². The fourth-order valence-corrected chi connectivity index (χ4v) is 2.31. The lowest BCUT2D eigenvalue weighted by atomic mass is 10.1. The molecule has 1 aliphatic rings. The maximum Gasteiger partial charge on any atom is 0.131 e. The molecule has 0 bridgehead atoms. The summed E-state index contributed by atoms with van der Waals surface area (Å²) in [7, 11) is 1.95. The molecule has 106 valence electrons. The van der Waals surface area contributed by atoms with Crippen molar-refractivity contribution in [1.82, 2.24) is 10.2 Å². The number of benzene rings is 1. The Bertz CT molecular complexity index is 422. The van der Waals surface area contributed by atoms with Crippen molar-refractivity contribution >= 4 is 0 Å². The first-order valence-electron chi connectivity index (χ1n) is 6.59. The number of rotatable bonds is 4. The molecule has 2 atom stereocenters. The van der Waals surface area contributed by atoms with Gasteiger partial charge in [-0.05, 0) is 20.0 Å². The highest BCUT2D eigenvalue weighted by molar-refractivity contribution is 5.29. The van der Waals surface area contributed by atoms with Gasteiger partial charge in [-0.1, -0.05) is 6.07 Å². The van der Waals surface area contributed by atoms with Crippen LogP contribution in [0.4, 0.5) is 4.39 Å². The van der Waals surface area contributed by atoms with Gasteiger partial charge < -0.3 is 15.2 Å². The largest absolute Gasteiger partial charge is 0.508 e. The third kappa shape index (κ3) is 3.65. The van der Waals surface area contributed by atoms with Gasteiger partial charge in [0.2, 0.25) is 0 Å². The highest BCUT2D eigenvalue weighted by Gasteiger charge is 2.21. The molecule has 0 spiro atoms. The SMILES string of the molecule is CC(c1ccc(O)cc1F)N(C)CC1CNCCO1. The number of nitrogens with zero attached hydrogens (tertiary/aromatic N) is 1. The number of phenols is 1. The molecule has 0 radical (unpaired) electrons. The van der Waals surface area contributed by atoms with Crippen LogP contribution in [-0.2, 0) is 4.74 Å². The van der Waals surface area contributed by atoms with Crippen LogP contribution in [0.5, 0.6) is 5.75 Å². The van der Waals surface area contributed by atoms with Gasteiger partial charge in [-0.25, -0.2) is 4.39 Å². The fourth-order valence-electron chi connectivity index (χ4n) is 2.31. The number of hydrogen-bond acceptors (Lipinski definition) is 4. The lowest BCUT2D eigenvalue weighted by Gasteiger charge is -2.31. The Kier molecular flexibility index (Phi) is 4.74. The molecule has 5 heteroatoms. The first-order chi connectivity index (χ1) is 9.08. The zero-order chi connectivity index (χ0) is 13.8. The summed E-state index contributed by atoms with van der Waals surface area (Å²) in [6.45, 7) is 5.14. The maximum absolute atomic E-state index is 13.8. The van der Waals surface area contributed by atoms with E-state index in [1.54, 1.807) is 6.07 Å². The summed E-state index contributed by atoms with van der Waals surface area (Å²) in [5.41, 5.74) is 0.587. The van der Waals surface area contributed by atoms with Gasteiger partial charge in [0.15, 0.2) is 0 Å². The van der Waals surface area contributed by atoms with Gasteiger partial charge in [0.1, 0.15) is 11.6 Å². The number of halogens is 1. The lowest BCUT2D eigenvalue weighted by molar-refractivity contribution is 0.00369. The topological polar surface area (TPSA) is 44.7 Å². The average molecular weight is 268 g/mol. The molecular formula is C14H21FN2O2. The van der Waals surface area contributed by atoms with E-state index < -0.39 is 0 Å². The highest BCUT2D eigenvalue weighted by atomic mass is 19.1. The molecule has 4 nitrogen and oxygen atoms in total. The molecule has 2 rings (SSSR count). The number of aromatic hydroxyl groups is 1. The monoisotopic (exact) mass is 268 g/mol. The van der Waals surface area contributed by atoms with Crippen LogP contribution < -0.4 is 5.32 Å². The first-order valence-corrected chi connectivity index (χ1v) is 6.59. The second-order valence-corrected chi connectivity index (χ2v) is 5.02. The third-order valence-electron chi connectivity index (χ3n) is 3.59. The summed E-state index contributed by atoms with van der Waals surface area (Å²) in [4.78, 5) is 2.06. The Balaban J connectivity index is 1.99. The van der Waals surface area contributed by atoms with E-state index in [0.717, 1.165) is 32.3 Å². The molecule has 1 aliphatic heterocycles. The Morgan fingerprint density at radius 3 is 3.00 bits per heavy atom. The Morgan fingerprint density at radius 1 is 1.58 bits per heavy atom. The van der Waals surface area contributed by atoms with Crippen molar-refractivity contribution in [2.75, 3.05) is 33.3 Å². The molecule has 0 saturated carbocycles. The molecule has 1 saturated heterocycles. The van der Waals surface area contributed by atoms with E-state index in [9.17, 15) is 9.50 Å². The smallest absolute Gasteiger partial charge is 0.131 e. The minimum absolute atomic E-state index is 0.0454. The van der Waals surface area contributed by atoms with E-state index in [-0.39, 0.29) is 23.7 Å². The summed E-state index contributed by atoms with van der Waals surface area (Å²) < 4.78 is 19.5. The molecule has 0 amide bonds. The molecule has 2 unspecified atom stereocenters. The predicted molar refractivity (Wildman–Crippen MR) is 71.7 cm³/mol. The Hall–Kier alpha value is -1.17. The van der Waals surface area contributed by atoms with Crippen molar-refractivity contribution in [2.24, 2.45) is 0 Å². The summed E-state index contributed by atoms with van der Waals surface area (Å²) >= 11 is 0. The molecule has 1 fully saturated rings. The molecule has 2 N–H and O–H groups in total.